The Hall–Kier alpha value is -3.54. The second kappa shape index (κ2) is 10.6. The lowest BCUT2D eigenvalue weighted by Gasteiger charge is -2.09. The molecule has 1 heterocycles. The SMILES string of the molecule is NC(=NCCCCNc1ccccn1)Nc1cccc(Oc2ccccc2)c1. The van der Waals surface area contributed by atoms with E-state index in [0.29, 0.717) is 12.5 Å². The van der Waals surface area contributed by atoms with Crippen molar-refractivity contribution in [2.75, 3.05) is 23.7 Å². The third-order valence-electron chi connectivity index (χ3n) is 3.92. The number of guanidine groups is 1. The van der Waals surface area contributed by atoms with Gasteiger partial charge in [-0.3, -0.25) is 4.99 Å². The van der Waals surface area contributed by atoms with Crippen LogP contribution in [0.4, 0.5) is 11.5 Å². The standard InChI is InChI=1S/C22H25N5O/c23-22(26-16-7-6-15-25-21-13-4-5-14-24-21)27-18-9-8-12-20(17-18)28-19-10-2-1-3-11-19/h1-5,8-14,17H,6-7,15-16H2,(H,24,25)(H3,23,26,27). The van der Waals surface area contributed by atoms with Gasteiger partial charge in [-0.25, -0.2) is 4.98 Å². The van der Waals surface area contributed by atoms with Crippen LogP contribution in [0.2, 0.25) is 0 Å². The normalized spacial score (nSPS) is 11.1. The van der Waals surface area contributed by atoms with Crippen molar-refractivity contribution in [2.45, 2.75) is 12.8 Å². The molecule has 3 aromatic rings. The van der Waals surface area contributed by atoms with Gasteiger partial charge in [0.1, 0.15) is 17.3 Å². The molecule has 0 unspecified atom stereocenters. The van der Waals surface area contributed by atoms with Crippen LogP contribution in [0.15, 0.2) is 84.0 Å². The van der Waals surface area contributed by atoms with E-state index in [1.807, 2.05) is 72.8 Å². The Morgan fingerprint density at radius 3 is 2.57 bits per heavy atom. The number of ether oxygens (including phenoxy) is 1. The lowest BCUT2D eigenvalue weighted by Crippen LogP contribution is -2.22. The van der Waals surface area contributed by atoms with Gasteiger partial charge in [-0.05, 0) is 49.2 Å². The van der Waals surface area contributed by atoms with E-state index in [4.69, 9.17) is 10.5 Å². The van der Waals surface area contributed by atoms with Crippen LogP contribution in [0.3, 0.4) is 0 Å². The van der Waals surface area contributed by atoms with Gasteiger partial charge < -0.3 is 21.1 Å². The number of nitrogens with one attached hydrogen (secondary N) is 2. The fraction of sp³-hybridized carbons (Fsp3) is 0.182. The molecule has 6 heteroatoms. The molecule has 6 nitrogen and oxygen atoms in total. The number of nitrogens with two attached hydrogens (primary N) is 1. The molecule has 3 rings (SSSR count). The molecule has 0 saturated heterocycles. The van der Waals surface area contributed by atoms with E-state index in [1.54, 1.807) is 6.20 Å². The summed E-state index contributed by atoms with van der Waals surface area (Å²) in [5.41, 5.74) is 6.83. The van der Waals surface area contributed by atoms with Crippen LogP contribution in [0, 0.1) is 0 Å². The van der Waals surface area contributed by atoms with E-state index in [-0.39, 0.29) is 0 Å². The molecule has 0 radical (unpaired) electrons. The molecule has 28 heavy (non-hydrogen) atoms. The van der Waals surface area contributed by atoms with Crippen LogP contribution in [0.1, 0.15) is 12.8 Å². The summed E-state index contributed by atoms with van der Waals surface area (Å²) in [5.74, 6) is 2.82. The van der Waals surface area contributed by atoms with Gasteiger partial charge in [0.2, 0.25) is 0 Å². The van der Waals surface area contributed by atoms with E-state index >= 15 is 0 Å². The van der Waals surface area contributed by atoms with Gasteiger partial charge in [0.05, 0.1) is 0 Å². The van der Waals surface area contributed by atoms with Crippen molar-refractivity contribution in [3.05, 3.63) is 79.0 Å². The number of para-hydroxylation sites is 1. The first-order chi connectivity index (χ1) is 13.8. The maximum atomic E-state index is 5.99. The number of aliphatic imine (C=N–C) groups is 1. The van der Waals surface area contributed by atoms with Crippen LogP contribution in [0.25, 0.3) is 0 Å². The topological polar surface area (TPSA) is 84.6 Å². The maximum Gasteiger partial charge on any atom is 0.193 e. The molecule has 0 spiro atoms. The number of benzene rings is 2. The molecule has 4 N–H and O–H groups in total. The summed E-state index contributed by atoms with van der Waals surface area (Å²) in [6.07, 6.45) is 3.71. The average molecular weight is 375 g/mol. The minimum Gasteiger partial charge on any atom is -0.457 e. The highest BCUT2D eigenvalue weighted by molar-refractivity contribution is 5.92. The molecule has 144 valence electrons. The second-order valence-corrected chi connectivity index (χ2v) is 6.18. The highest BCUT2D eigenvalue weighted by Gasteiger charge is 2.00. The molecule has 0 fully saturated rings. The highest BCUT2D eigenvalue weighted by atomic mass is 16.5. The summed E-state index contributed by atoms with van der Waals surface area (Å²) in [6.45, 7) is 1.53. The predicted octanol–water partition coefficient (Wildman–Crippen LogP) is 4.49. The quantitative estimate of drug-likeness (QED) is 0.291. The van der Waals surface area contributed by atoms with Gasteiger partial charge in [0.25, 0.3) is 0 Å². The Bertz CT molecular complexity index is 868. The van der Waals surface area contributed by atoms with Crippen LogP contribution < -0.4 is 21.1 Å². The Morgan fingerprint density at radius 2 is 1.75 bits per heavy atom. The van der Waals surface area contributed by atoms with Gasteiger partial charge in [0, 0.05) is 31.0 Å². The highest BCUT2D eigenvalue weighted by Crippen LogP contribution is 2.23. The number of aromatic nitrogens is 1. The zero-order chi connectivity index (χ0) is 19.4. The first-order valence-corrected chi connectivity index (χ1v) is 9.34. The van der Waals surface area contributed by atoms with Crippen LogP contribution in [0.5, 0.6) is 11.5 Å². The number of unbranched alkanes of at least 4 members (excludes halogenated alkanes) is 1. The predicted molar refractivity (Wildman–Crippen MR) is 115 cm³/mol. The molecule has 0 bridgehead atoms. The number of hydrogen-bond acceptors (Lipinski definition) is 4. The Labute approximate surface area is 165 Å². The molecule has 0 aliphatic carbocycles. The van der Waals surface area contributed by atoms with Crippen molar-refractivity contribution in [3.63, 3.8) is 0 Å². The van der Waals surface area contributed by atoms with E-state index in [2.05, 4.69) is 20.6 Å². The van der Waals surface area contributed by atoms with E-state index in [0.717, 1.165) is 42.4 Å². The van der Waals surface area contributed by atoms with E-state index in [9.17, 15) is 0 Å². The minimum atomic E-state index is 0.398. The zero-order valence-corrected chi connectivity index (χ0v) is 15.7. The largest absolute Gasteiger partial charge is 0.457 e. The molecular weight excluding hydrogens is 350 g/mol. The monoisotopic (exact) mass is 375 g/mol. The molecule has 0 aliphatic heterocycles. The molecule has 1 aromatic heterocycles. The van der Waals surface area contributed by atoms with E-state index < -0.39 is 0 Å². The molecule has 0 amide bonds. The Balaban J connectivity index is 1.40. The number of hydrogen-bond donors (Lipinski definition) is 3. The maximum absolute atomic E-state index is 5.99. The lowest BCUT2D eigenvalue weighted by atomic mass is 10.3. The average Bonchev–Trinajstić information content (AvgIpc) is 2.72. The lowest BCUT2D eigenvalue weighted by molar-refractivity contribution is 0.483. The summed E-state index contributed by atoms with van der Waals surface area (Å²) in [6, 6.07) is 23.1. The van der Waals surface area contributed by atoms with Gasteiger partial charge in [-0.2, -0.15) is 0 Å². The summed E-state index contributed by atoms with van der Waals surface area (Å²) in [4.78, 5) is 8.60. The van der Waals surface area contributed by atoms with Gasteiger partial charge in [0.15, 0.2) is 5.96 Å². The fourth-order valence-electron chi connectivity index (χ4n) is 2.57. The van der Waals surface area contributed by atoms with Crippen molar-refractivity contribution >= 4 is 17.5 Å². The van der Waals surface area contributed by atoms with Crippen molar-refractivity contribution < 1.29 is 4.74 Å². The zero-order valence-electron chi connectivity index (χ0n) is 15.7. The van der Waals surface area contributed by atoms with Crippen molar-refractivity contribution in [2.24, 2.45) is 10.7 Å². The van der Waals surface area contributed by atoms with Gasteiger partial charge >= 0.3 is 0 Å². The number of rotatable bonds is 9. The summed E-state index contributed by atoms with van der Waals surface area (Å²) in [5, 5.41) is 6.39. The summed E-state index contributed by atoms with van der Waals surface area (Å²) < 4.78 is 5.83. The first kappa shape index (κ1) is 19.2. The number of anilines is 2. The van der Waals surface area contributed by atoms with Gasteiger partial charge in [-0.15, -0.1) is 0 Å². The van der Waals surface area contributed by atoms with E-state index in [1.165, 1.54) is 0 Å². The molecule has 0 saturated carbocycles. The smallest absolute Gasteiger partial charge is 0.193 e. The molecule has 2 aromatic carbocycles. The van der Waals surface area contributed by atoms with Crippen molar-refractivity contribution in [1.29, 1.82) is 0 Å². The van der Waals surface area contributed by atoms with Crippen LogP contribution in [-0.4, -0.2) is 24.0 Å². The molecule has 0 aliphatic rings. The third-order valence-corrected chi connectivity index (χ3v) is 3.92. The minimum absolute atomic E-state index is 0.398. The Morgan fingerprint density at radius 1 is 0.929 bits per heavy atom. The Kier molecular flexibility index (Phi) is 7.26. The van der Waals surface area contributed by atoms with Crippen molar-refractivity contribution in [1.82, 2.24) is 4.98 Å². The van der Waals surface area contributed by atoms with Gasteiger partial charge in [-0.1, -0.05) is 30.3 Å². The first-order valence-electron chi connectivity index (χ1n) is 9.34. The van der Waals surface area contributed by atoms with Crippen molar-refractivity contribution in [3.8, 4) is 11.5 Å². The number of pyridine rings is 1. The number of nitrogens with zero attached hydrogens (tertiary/aromatic N) is 2. The van der Waals surface area contributed by atoms with Crippen LogP contribution >= 0.6 is 0 Å². The second-order valence-electron chi connectivity index (χ2n) is 6.18. The summed E-state index contributed by atoms with van der Waals surface area (Å²) >= 11 is 0. The third kappa shape index (κ3) is 6.64. The fourth-order valence-corrected chi connectivity index (χ4v) is 2.57. The van der Waals surface area contributed by atoms with Crippen LogP contribution in [-0.2, 0) is 0 Å². The molecular formula is C22H25N5O. The summed E-state index contributed by atoms with van der Waals surface area (Å²) in [7, 11) is 0. The molecule has 0 atom stereocenters.